The molecule has 2 rings (SSSR count). The predicted octanol–water partition coefficient (Wildman–Crippen LogP) is 3.61. The van der Waals surface area contributed by atoms with Gasteiger partial charge in [-0.15, -0.1) is 0 Å². The number of benzene rings is 2. The zero-order chi connectivity index (χ0) is 18.4. The van der Waals surface area contributed by atoms with Crippen LogP contribution in [0.4, 0.5) is 0 Å². The van der Waals surface area contributed by atoms with Crippen molar-refractivity contribution in [2.45, 2.75) is 33.9 Å². The summed E-state index contributed by atoms with van der Waals surface area (Å²) in [5.41, 5.74) is 1.77. The lowest BCUT2D eigenvalue weighted by Crippen LogP contribution is -2.47. The molecule has 0 atom stereocenters. The molecule has 4 nitrogen and oxygen atoms in total. The Morgan fingerprint density at radius 3 is 2.24 bits per heavy atom. The minimum Gasteiger partial charge on any atom is -0.351 e. The molecule has 0 spiro atoms. The molecule has 0 aliphatic heterocycles. The molecule has 0 aromatic heterocycles. The number of amides is 2. The fourth-order valence-corrected chi connectivity index (χ4v) is 2.57. The summed E-state index contributed by atoms with van der Waals surface area (Å²) in [6.45, 7) is 5.90. The van der Waals surface area contributed by atoms with E-state index in [4.69, 9.17) is 11.6 Å². The molecule has 2 N–H and O–H groups in total. The van der Waals surface area contributed by atoms with E-state index in [2.05, 4.69) is 10.6 Å². The first kappa shape index (κ1) is 19.0. The zero-order valence-electron chi connectivity index (χ0n) is 14.7. The highest BCUT2D eigenvalue weighted by Gasteiger charge is 2.35. The number of carbonyl (C=O) groups excluding carboxylic acids is 2. The van der Waals surface area contributed by atoms with Gasteiger partial charge in [0, 0.05) is 18.1 Å². The summed E-state index contributed by atoms with van der Waals surface area (Å²) in [4.78, 5) is 24.9. The third kappa shape index (κ3) is 5.07. The van der Waals surface area contributed by atoms with Gasteiger partial charge in [0.1, 0.15) is 5.41 Å². The molecule has 0 radical (unpaired) electrons. The van der Waals surface area contributed by atoms with E-state index in [0.717, 1.165) is 16.7 Å². The Morgan fingerprint density at radius 2 is 1.60 bits per heavy atom. The lowest BCUT2D eigenvalue weighted by atomic mass is 9.91. The van der Waals surface area contributed by atoms with Gasteiger partial charge in [-0.1, -0.05) is 59.6 Å². The smallest absolute Gasteiger partial charge is 0.235 e. The fraction of sp³-hybridized carbons (Fsp3) is 0.300. The van der Waals surface area contributed by atoms with Gasteiger partial charge in [0.2, 0.25) is 11.8 Å². The number of hydrogen-bond acceptors (Lipinski definition) is 2. The van der Waals surface area contributed by atoms with Crippen molar-refractivity contribution in [3.05, 3.63) is 70.2 Å². The number of aryl methyl sites for hydroxylation is 1. The maximum atomic E-state index is 12.4. The van der Waals surface area contributed by atoms with Crippen molar-refractivity contribution in [2.75, 3.05) is 0 Å². The van der Waals surface area contributed by atoms with Crippen LogP contribution in [0.25, 0.3) is 0 Å². The quantitative estimate of drug-likeness (QED) is 0.775. The molecule has 25 heavy (non-hydrogen) atoms. The molecule has 0 saturated carbocycles. The Balaban J connectivity index is 1.93. The second-order valence-electron chi connectivity index (χ2n) is 6.57. The maximum absolute atomic E-state index is 12.4. The summed E-state index contributed by atoms with van der Waals surface area (Å²) in [7, 11) is 0. The minimum atomic E-state index is -1.18. The van der Waals surface area contributed by atoms with Crippen LogP contribution in [0.15, 0.2) is 48.5 Å². The molecule has 0 fully saturated rings. The highest BCUT2D eigenvalue weighted by molar-refractivity contribution is 6.31. The third-order valence-electron chi connectivity index (χ3n) is 4.07. The van der Waals surface area contributed by atoms with E-state index >= 15 is 0 Å². The van der Waals surface area contributed by atoms with Crippen molar-refractivity contribution in [1.82, 2.24) is 10.6 Å². The molecule has 0 aliphatic rings. The van der Waals surface area contributed by atoms with E-state index in [1.807, 2.05) is 49.4 Å². The summed E-state index contributed by atoms with van der Waals surface area (Å²) < 4.78 is 0. The SMILES string of the molecule is Cc1cccc(CNC(=O)C(C)(C)C(=O)NCc2ccccc2Cl)c1. The Bertz CT molecular complexity index is 772. The highest BCUT2D eigenvalue weighted by Crippen LogP contribution is 2.18. The number of nitrogens with one attached hydrogen (secondary N) is 2. The third-order valence-corrected chi connectivity index (χ3v) is 4.44. The predicted molar refractivity (Wildman–Crippen MR) is 100 cm³/mol. The lowest BCUT2D eigenvalue weighted by Gasteiger charge is -2.23. The summed E-state index contributed by atoms with van der Waals surface area (Å²) in [6, 6.07) is 15.2. The molecular weight excluding hydrogens is 336 g/mol. The molecule has 2 aromatic rings. The Hall–Kier alpha value is -2.33. The number of hydrogen-bond donors (Lipinski definition) is 2. The molecule has 0 bridgehead atoms. The summed E-state index contributed by atoms with van der Waals surface area (Å²) in [6.07, 6.45) is 0. The first-order valence-corrected chi connectivity index (χ1v) is 8.54. The van der Waals surface area contributed by atoms with E-state index in [9.17, 15) is 9.59 Å². The monoisotopic (exact) mass is 358 g/mol. The number of halogens is 1. The van der Waals surface area contributed by atoms with Gasteiger partial charge in [0.25, 0.3) is 0 Å². The fourth-order valence-electron chi connectivity index (χ4n) is 2.37. The highest BCUT2D eigenvalue weighted by atomic mass is 35.5. The van der Waals surface area contributed by atoms with E-state index < -0.39 is 5.41 Å². The van der Waals surface area contributed by atoms with Gasteiger partial charge in [0.15, 0.2) is 0 Å². The van der Waals surface area contributed by atoms with Crippen molar-refractivity contribution >= 4 is 23.4 Å². The summed E-state index contributed by atoms with van der Waals surface area (Å²) in [5, 5.41) is 6.20. The van der Waals surface area contributed by atoms with Crippen LogP contribution in [-0.2, 0) is 22.7 Å². The average Bonchev–Trinajstić information content (AvgIpc) is 2.58. The topological polar surface area (TPSA) is 58.2 Å². The van der Waals surface area contributed by atoms with E-state index in [1.54, 1.807) is 19.9 Å². The van der Waals surface area contributed by atoms with Gasteiger partial charge >= 0.3 is 0 Å². The molecule has 132 valence electrons. The van der Waals surface area contributed by atoms with Crippen molar-refractivity contribution in [3.63, 3.8) is 0 Å². The number of rotatable bonds is 6. The van der Waals surface area contributed by atoms with Crippen LogP contribution < -0.4 is 10.6 Å². The van der Waals surface area contributed by atoms with Crippen LogP contribution in [0.2, 0.25) is 5.02 Å². The van der Waals surface area contributed by atoms with Crippen LogP contribution in [0.1, 0.15) is 30.5 Å². The summed E-state index contributed by atoms with van der Waals surface area (Å²) in [5.74, 6) is -0.653. The van der Waals surface area contributed by atoms with Crippen LogP contribution in [0.5, 0.6) is 0 Å². The largest absolute Gasteiger partial charge is 0.351 e. The second-order valence-corrected chi connectivity index (χ2v) is 6.98. The molecule has 2 aromatic carbocycles. The molecule has 5 heteroatoms. The van der Waals surface area contributed by atoms with Gasteiger partial charge < -0.3 is 10.6 Å². The molecule has 0 unspecified atom stereocenters. The van der Waals surface area contributed by atoms with Crippen molar-refractivity contribution in [2.24, 2.45) is 5.41 Å². The standard InChI is InChI=1S/C20H23ClN2O2/c1-14-7-6-8-15(11-14)12-22-18(24)20(2,3)19(25)23-13-16-9-4-5-10-17(16)21/h4-11H,12-13H2,1-3H3,(H,22,24)(H,23,25). The van der Waals surface area contributed by atoms with Gasteiger partial charge in [-0.2, -0.15) is 0 Å². The van der Waals surface area contributed by atoms with Gasteiger partial charge in [-0.05, 0) is 38.0 Å². The lowest BCUT2D eigenvalue weighted by molar-refractivity contribution is -0.141. The van der Waals surface area contributed by atoms with Crippen molar-refractivity contribution in [3.8, 4) is 0 Å². The molecule has 0 aliphatic carbocycles. The zero-order valence-corrected chi connectivity index (χ0v) is 15.5. The van der Waals surface area contributed by atoms with Crippen LogP contribution in [0.3, 0.4) is 0 Å². The molecule has 2 amide bonds. The Morgan fingerprint density at radius 1 is 0.960 bits per heavy atom. The maximum Gasteiger partial charge on any atom is 0.235 e. The normalized spacial score (nSPS) is 11.0. The van der Waals surface area contributed by atoms with E-state index in [-0.39, 0.29) is 18.4 Å². The van der Waals surface area contributed by atoms with Gasteiger partial charge in [-0.25, -0.2) is 0 Å². The molecule has 0 heterocycles. The number of carbonyl (C=O) groups is 2. The van der Waals surface area contributed by atoms with Crippen molar-refractivity contribution < 1.29 is 9.59 Å². The van der Waals surface area contributed by atoms with Crippen LogP contribution >= 0.6 is 11.6 Å². The first-order chi connectivity index (χ1) is 11.8. The minimum absolute atomic E-state index is 0.285. The van der Waals surface area contributed by atoms with E-state index in [0.29, 0.717) is 11.6 Å². The molecular formula is C20H23ClN2O2. The molecule has 0 saturated heterocycles. The Kier molecular flexibility index (Phi) is 6.21. The van der Waals surface area contributed by atoms with Crippen LogP contribution in [0, 0.1) is 12.3 Å². The average molecular weight is 359 g/mol. The second kappa shape index (κ2) is 8.17. The summed E-state index contributed by atoms with van der Waals surface area (Å²) >= 11 is 6.08. The van der Waals surface area contributed by atoms with Gasteiger partial charge in [0.05, 0.1) is 0 Å². The van der Waals surface area contributed by atoms with Crippen LogP contribution in [-0.4, -0.2) is 11.8 Å². The Labute approximate surface area is 153 Å². The van der Waals surface area contributed by atoms with E-state index in [1.165, 1.54) is 0 Å². The van der Waals surface area contributed by atoms with Gasteiger partial charge in [-0.3, -0.25) is 9.59 Å². The van der Waals surface area contributed by atoms with Crippen molar-refractivity contribution in [1.29, 1.82) is 0 Å². The first-order valence-electron chi connectivity index (χ1n) is 8.16.